The summed E-state index contributed by atoms with van der Waals surface area (Å²) in [5.74, 6) is -3.03. The first-order chi connectivity index (χ1) is 16.4. The van der Waals surface area contributed by atoms with Crippen LogP contribution in [0.3, 0.4) is 0 Å². The van der Waals surface area contributed by atoms with Gasteiger partial charge in [0.25, 0.3) is 0 Å². The van der Waals surface area contributed by atoms with Crippen LogP contribution in [0.1, 0.15) is 0 Å². The molecule has 196 valence electrons. The van der Waals surface area contributed by atoms with Crippen molar-refractivity contribution in [3.63, 3.8) is 0 Å². The number of aromatic amines is 1. The van der Waals surface area contributed by atoms with Crippen LogP contribution in [0.4, 0.5) is 0 Å². The van der Waals surface area contributed by atoms with E-state index in [1.54, 1.807) is 0 Å². The molecular weight excluding hydrogens is 478 g/mol. The third kappa shape index (κ3) is 6.92. The van der Waals surface area contributed by atoms with E-state index in [9.17, 15) is 9.59 Å². The highest BCUT2D eigenvalue weighted by Gasteiger charge is 2.47. The Balaban J connectivity index is 0.000000188. The van der Waals surface area contributed by atoms with Crippen molar-refractivity contribution in [2.24, 2.45) is 0 Å². The smallest absolute Gasteiger partial charge is 0.335 e. The maximum Gasteiger partial charge on any atom is 0.335 e. The number of rotatable bonds is 2. The molecule has 15 heteroatoms. The van der Waals surface area contributed by atoms with Gasteiger partial charge < -0.3 is 65.5 Å². The summed E-state index contributed by atoms with van der Waals surface area (Å²) in [6, 6.07) is 10.3. The number of hydrogen-bond acceptors (Lipinski definition) is 12. The number of para-hydroxylation sites is 1. The van der Waals surface area contributed by atoms with Crippen molar-refractivity contribution in [3.8, 4) is 0 Å². The Morgan fingerprint density at radius 2 is 1.06 bits per heavy atom. The molecule has 2 aliphatic rings. The fraction of sp³-hybridized carbons (Fsp3) is 0.500. The summed E-state index contributed by atoms with van der Waals surface area (Å²) < 4.78 is 8.68. The predicted molar refractivity (Wildman–Crippen MR) is 111 cm³/mol. The van der Waals surface area contributed by atoms with Crippen molar-refractivity contribution in [1.82, 2.24) is 4.98 Å². The lowest BCUT2D eigenvalue weighted by Crippen LogP contribution is -2.59. The van der Waals surface area contributed by atoms with E-state index >= 15 is 0 Å². The molecule has 0 aliphatic carbocycles. The SMILES string of the molecule is O=C(O)[C@H]1OC(O)[C@H](O)[C@@H](O)[C@@H]1O.O=C(O)[C@H]1OC(O)[C@H](O)[C@@H](O)[C@@H]1O.c1ccc2[nH]ccc2c1. The number of carboxylic acid groups (broad SMARTS) is 2. The summed E-state index contributed by atoms with van der Waals surface area (Å²) in [5, 5.41) is 90.0. The molecular formula is C20H27NO14. The molecule has 10 atom stereocenters. The number of fused-ring (bicyclic) bond motifs is 1. The quantitative estimate of drug-likeness (QED) is 0.185. The van der Waals surface area contributed by atoms with E-state index in [4.69, 9.17) is 51.1 Å². The predicted octanol–water partition coefficient (Wildman–Crippen LogP) is -4.09. The topological polar surface area (TPSA) is 271 Å². The summed E-state index contributed by atoms with van der Waals surface area (Å²) >= 11 is 0. The van der Waals surface area contributed by atoms with Crippen LogP contribution in [0, 0.1) is 0 Å². The van der Waals surface area contributed by atoms with Gasteiger partial charge in [0.05, 0.1) is 0 Å². The Bertz CT molecular complexity index is 894. The highest BCUT2D eigenvalue weighted by Crippen LogP contribution is 2.20. The van der Waals surface area contributed by atoms with E-state index in [1.165, 1.54) is 10.9 Å². The Morgan fingerprint density at radius 3 is 1.46 bits per heavy atom. The molecule has 15 nitrogen and oxygen atoms in total. The number of H-pyrrole nitrogens is 1. The van der Waals surface area contributed by atoms with E-state index in [2.05, 4.69) is 32.7 Å². The minimum atomic E-state index is -1.81. The van der Waals surface area contributed by atoms with Crippen molar-refractivity contribution in [2.75, 3.05) is 0 Å². The monoisotopic (exact) mass is 505 g/mol. The van der Waals surface area contributed by atoms with Crippen LogP contribution in [0.15, 0.2) is 36.5 Å². The van der Waals surface area contributed by atoms with Gasteiger partial charge in [-0.15, -0.1) is 0 Å². The molecule has 1 aromatic carbocycles. The number of carbonyl (C=O) groups is 2. The van der Waals surface area contributed by atoms with E-state index in [1.807, 2.05) is 18.3 Å². The number of nitrogens with one attached hydrogen (secondary N) is 1. The fourth-order valence-corrected chi connectivity index (χ4v) is 3.13. The number of hydrogen-bond donors (Lipinski definition) is 11. The maximum atomic E-state index is 10.4. The number of benzene rings is 1. The first-order valence-corrected chi connectivity index (χ1v) is 10.1. The molecule has 0 radical (unpaired) electrons. The Morgan fingerprint density at radius 1 is 0.629 bits per heavy atom. The van der Waals surface area contributed by atoms with Gasteiger partial charge in [-0.05, 0) is 17.5 Å². The second-order valence-corrected chi connectivity index (χ2v) is 7.58. The van der Waals surface area contributed by atoms with Gasteiger partial charge in [-0.25, -0.2) is 9.59 Å². The second kappa shape index (κ2) is 12.3. The normalized spacial score (nSPS) is 36.8. The molecule has 0 spiro atoms. The lowest BCUT2D eigenvalue weighted by atomic mass is 9.99. The summed E-state index contributed by atoms with van der Waals surface area (Å²) in [5.41, 5.74) is 1.21. The van der Waals surface area contributed by atoms with Crippen LogP contribution < -0.4 is 0 Å². The number of carboxylic acids is 2. The number of ether oxygens (including phenoxy) is 2. The zero-order valence-electron chi connectivity index (χ0n) is 17.8. The first-order valence-electron chi connectivity index (χ1n) is 10.1. The average molecular weight is 505 g/mol. The lowest BCUT2D eigenvalue weighted by molar-refractivity contribution is -0.279. The van der Waals surface area contributed by atoms with E-state index in [0.717, 1.165) is 0 Å². The Kier molecular flexibility index (Phi) is 10.0. The average Bonchev–Trinajstić information content (AvgIpc) is 3.30. The van der Waals surface area contributed by atoms with Gasteiger partial charge in [-0.3, -0.25) is 0 Å². The van der Waals surface area contributed by atoms with Crippen molar-refractivity contribution < 1.29 is 70.1 Å². The maximum absolute atomic E-state index is 10.4. The molecule has 2 fully saturated rings. The molecule has 0 amide bonds. The molecule has 2 aromatic rings. The van der Waals surface area contributed by atoms with Crippen LogP contribution >= 0.6 is 0 Å². The number of aromatic nitrogens is 1. The van der Waals surface area contributed by atoms with Crippen LogP contribution in [0.2, 0.25) is 0 Å². The van der Waals surface area contributed by atoms with Gasteiger partial charge in [0.1, 0.15) is 36.6 Å². The molecule has 11 N–H and O–H groups in total. The van der Waals surface area contributed by atoms with Gasteiger partial charge >= 0.3 is 11.9 Å². The highest BCUT2D eigenvalue weighted by atomic mass is 16.7. The third-order valence-electron chi connectivity index (χ3n) is 5.13. The third-order valence-corrected chi connectivity index (χ3v) is 5.13. The van der Waals surface area contributed by atoms with Crippen LogP contribution in [0.5, 0.6) is 0 Å². The zero-order chi connectivity index (χ0) is 26.4. The van der Waals surface area contributed by atoms with Gasteiger partial charge in [-0.1, -0.05) is 18.2 Å². The van der Waals surface area contributed by atoms with Crippen LogP contribution in [-0.4, -0.2) is 129 Å². The summed E-state index contributed by atoms with van der Waals surface area (Å²) in [7, 11) is 0. The molecule has 1 aromatic heterocycles. The number of aliphatic hydroxyl groups is 8. The molecule has 35 heavy (non-hydrogen) atoms. The summed E-state index contributed by atoms with van der Waals surface area (Å²) in [6.07, 6.45) is -15.5. The van der Waals surface area contributed by atoms with Gasteiger partial charge in [-0.2, -0.15) is 0 Å². The molecule has 0 saturated carbocycles. The van der Waals surface area contributed by atoms with Gasteiger partial charge in [0, 0.05) is 11.7 Å². The first kappa shape index (κ1) is 28.5. The summed E-state index contributed by atoms with van der Waals surface area (Å²) in [6.45, 7) is 0. The number of aliphatic carboxylic acids is 2. The Hall–Kier alpha value is -2.70. The summed E-state index contributed by atoms with van der Waals surface area (Å²) in [4.78, 5) is 23.9. The Labute approximate surface area is 196 Å². The van der Waals surface area contributed by atoms with Crippen LogP contribution in [0.25, 0.3) is 10.9 Å². The molecule has 0 bridgehead atoms. The molecule has 2 saturated heterocycles. The van der Waals surface area contributed by atoms with E-state index in [-0.39, 0.29) is 0 Å². The lowest BCUT2D eigenvalue weighted by Gasteiger charge is -2.36. The van der Waals surface area contributed by atoms with Crippen molar-refractivity contribution in [3.05, 3.63) is 36.5 Å². The standard InChI is InChI=1S/C8H7N.2C6H10O7/c1-2-4-8-7(3-1)5-6-9-8;2*7-1-2(8)4(5(10)11)13-6(12)3(1)9/h1-6,9H;2*1-4,6-9,12H,(H,10,11)/t;2*1-,2-,3+,4-,6?/m.00/s1. The fourth-order valence-electron chi connectivity index (χ4n) is 3.13. The molecule has 4 rings (SSSR count). The molecule has 2 unspecified atom stereocenters. The van der Waals surface area contributed by atoms with Crippen molar-refractivity contribution in [1.29, 1.82) is 0 Å². The highest BCUT2D eigenvalue weighted by molar-refractivity contribution is 5.78. The number of aliphatic hydroxyl groups excluding tert-OH is 8. The second-order valence-electron chi connectivity index (χ2n) is 7.58. The van der Waals surface area contributed by atoms with Crippen LogP contribution in [-0.2, 0) is 19.1 Å². The van der Waals surface area contributed by atoms with Crippen molar-refractivity contribution in [2.45, 2.75) is 61.4 Å². The van der Waals surface area contributed by atoms with Gasteiger partial charge in [0.15, 0.2) is 24.8 Å². The van der Waals surface area contributed by atoms with Crippen molar-refractivity contribution >= 4 is 22.8 Å². The minimum Gasteiger partial charge on any atom is -0.479 e. The molecule has 3 heterocycles. The largest absolute Gasteiger partial charge is 0.479 e. The zero-order valence-corrected chi connectivity index (χ0v) is 17.8. The molecule has 2 aliphatic heterocycles. The van der Waals surface area contributed by atoms with E-state index in [0.29, 0.717) is 0 Å². The van der Waals surface area contributed by atoms with Gasteiger partial charge in [0.2, 0.25) is 0 Å². The minimum absolute atomic E-state index is 1.21. The van der Waals surface area contributed by atoms with E-state index < -0.39 is 73.4 Å².